The van der Waals surface area contributed by atoms with Crippen LogP contribution in [0.25, 0.3) is 0 Å². The zero-order valence-corrected chi connectivity index (χ0v) is 7.33. The third-order valence-electron chi connectivity index (χ3n) is 1.93. The molecule has 0 aliphatic carbocycles. The molecule has 0 bridgehead atoms. The Balaban J connectivity index is 3.50. The lowest BCUT2D eigenvalue weighted by Gasteiger charge is -2.07. The fraction of sp³-hybridized carbons (Fsp3) is 0.222. The van der Waals surface area contributed by atoms with Crippen LogP contribution in [0.2, 0.25) is 0 Å². The molecule has 1 aromatic carbocycles. The second kappa shape index (κ2) is 2.97. The maximum atomic E-state index is 10.6. The number of carboxylic acid groups (broad SMARTS) is 1. The van der Waals surface area contributed by atoms with Crippen LogP contribution >= 0.6 is 0 Å². The molecule has 70 valence electrons. The van der Waals surface area contributed by atoms with Crippen LogP contribution in [0.4, 0.5) is 0 Å². The summed E-state index contributed by atoms with van der Waals surface area (Å²) in [5, 5.41) is 27.3. The van der Waals surface area contributed by atoms with E-state index in [2.05, 4.69) is 0 Å². The number of phenols is 2. The summed E-state index contributed by atoms with van der Waals surface area (Å²) in [5.74, 6) is -1.65. The molecule has 0 aromatic heterocycles. The minimum Gasteiger partial charge on any atom is -0.507 e. The summed E-state index contributed by atoms with van der Waals surface area (Å²) in [6.07, 6.45) is 0. The van der Waals surface area contributed by atoms with Gasteiger partial charge in [0.05, 0.1) is 0 Å². The molecule has 0 atom stereocenters. The Labute approximate surface area is 75.1 Å². The van der Waals surface area contributed by atoms with Crippen molar-refractivity contribution in [2.75, 3.05) is 0 Å². The second-order valence-corrected chi connectivity index (χ2v) is 2.87. The van der Waals surface area contributed by atoms with Gasteiger partial charge in [0.15, 0.2) is 0 Å². The monoisotopic (exact) mass is 182 g/mol. The lowest BCUT2D eigenvalue weighted by molar-refractivity contribution is 0.0693. The van der Waals surface area contributed by atoms with E-state index in [-0.39, 0.29) is 22.6 Å². The van der Waals surface area contributed by atoms with Crippen LogP contribution in [0.3, 0.4) is 0 Å². The average Bonchev–Trinajstić information content (AvgIpc) is 2.07. The van der Waals surface area contributed by atoms with Gasteiger partial charge in [0, 0.05) is 5.56 Å². The predicted molar refractivity (Wildman–Crippen MR) is 46.2 cm³/mol. The topological polar surface area (TPSA) is 77.8 Å². The van der Waals surface area contributed by atoms with Gasteiger partial charge in [0.2, 0.25) is 0 Å². The molecule has 4 heteroatoms. The molecule has 3 N–H and O–H groups in total. The quantitative estimate of drug-likeness (QED) is 0.613. The summed E-state index contributed by atoms with van der Waals surface area (Å²) in [4.78, 5) is 10.6. The van der Waals surface area contributed by atoms with Crippen molar-refractivity contribution in [1.82, 2.24) is 0 Å². The van der Waals surface area contributed by atoms with Gasteiger partial charge < -0.3 is 15.3 Å². The van der Waals surface area contributed by atoms with E-state index in [4.69, 9.17) is 5.11 Å². The first-order valence-corrected chi connectivity index (χ1v) is 3.70. The van der Waals surface area contributed by atoms with Crippen molar-refractivity contribution < 1.29 is 20.1 Å². The fourth-order valence-electron chi connectivity index (χ4n) is 1.13. The predicted octanol–water partition coefficient (Wildman–Crippen LogP) is 1.41. The van der Waals surface area contributed by atoms with E-state index in [1.54, 1.807) is 6.92 Å². The molecular formula is C9H10O4. The van der Waals surface area contributed by atoms with Gasteiger partial charge in [-0.3, -0.25) is 0 Å². The molecule has 13 heavy (non-hydrogen) atoms. The van der Waals surface area contributed by atoms with Gasteiger partial charge in [0.25, 0.3) is 0 Å². The first-order valence-electron chi connectivity index (χ1n) is 3.70. The summed E-state index contributed by atoms with van der Waals surface area (Å²) in [6.45, 7) is 3.04. The van der Waals surface area contributed by atoms with Crippen molar-refractivity contribution in [2.24, 2.45) is 0 Å². The van der Waals surface area contributed by atoms with Crippen LogP contribution in [0.5, 0.6) is 11.5 Å². The van der Waals surface area contributed by atoms with E-state index in [0.717, 1.165) is 0 Å². The summed E-state index contributed by atoms with van der Waals surface area (Å²) >= 11 is 0. The van der Waals surface area contributed by atoms with Crippen LogP contribution in [-0.4, -0.2) is 21.3 Å². The van der Waals surface area contributed by atoms with Gasteiger partial charge in [-0.2, -0.15) is 0 Å². The van der Waals surface area contributed by atoms with Crippen molar-refractivity contribution in [3.63, 3.8) is 0 Å². The van der Waals surface area contributed by atoms with Crippen LogP contribution < -0.4 is 0 Å². The number of benzene rings is 1. The van der Waals surface area contributed by atoms with Gasteiger partial charge in [-0.1, -0.05) is 0 Å². The molecule has 0 saturated heterocycles. The third kappa shape index (κ3) is 1.42. The number of aromatic hydroxyl groups is 2. The maximum Gasteiger partial charge on any atom is 0.339 e. The van der Waals surface area contributed by atoms with E-state index in [0.29, 0.717) is 5.56 Å². The zero-order chi connectivity index (χ0) is 10.2. The zero-order valence-electron chi connectivity index (χ0n) is 7.33. The molecular weight excluding hydrogens is 172 g/mol. The highest BCUT2D eigenvalue weighted by Gasteiger charge is 2.16. The minimum atomic E-state index is -1.20. The minimum absolute atomic E-state index is 0.0671. The van der Waals surface area contributed by atoms with Crippen LogP contribution in [0.1, 0.15) is 21.5 Å². The van der Waals surface area contributed by atoms with Crippen molar-refractivity contribution in [2.45, 2.75) is 13.8 Å². The molecule has 0 spiro atoms. The Morgan fingerprint density at radius 1 is 1.23 bits per heavy atom. The Kier molecular flexibility index (Phi) is 2.14. The van der Waals surface area contributed by atoms with E-state index in [9.17, 15) is 15.0 Å². The van der Waals surface area contributed by atoms with Crippen molar-refractivity contribution >= 4 is 5.97 Å². The average molecular weight is 182 g/mol. The Hall–Kier alpha value is -1.71. The number of aromatic carboxylic acids is 1. The van der Waals surface area contributed by atoms with Gasteiger partial charge >= 0.3 is 5.97 Å². The number of carboxylic acids is 1. The molecule has 0 heterocycles. The molecule has 1 aromatic rings. The summed E-state index contributed by atoms with van der Waals surface area (Å²) in [7, 11) is 0. The standard InChI is InChI=1S/C9H10O4/c1-4-3-6(9(12)13)8(11)5(2)7(4)10/h3,10-11H,1-2H3,(H,12,13). The molecule has 0 amide bonds. The summed E-state index contributed by atoms with van der Waals surface area (Å²) in [5.41, 5.74) is 0.443. The molecule has 0 unspecified atom stereocenters. The normalized spacial score (nSPS) is 10.0. The van der Waals surface area contributed by atoms with E-state index < -0.39 is 5.97 Å². The largest absolute Gasteiger partial charge is 0.507 e. The van der Waals surface area contributed by atoms with Gasteiger partial charge in [-0.05, 0) is 25.5 Å². The number of phenolic OH excluding ortho intramolecular Hbond substituents is 1. The molecule has 4 nitrogen and oxygen atoms in total. The van der Waals surface area contributed by atoms with Crippen LogP contribution in [0.15, 0.2) is 6.07 Å². The number of aryl methyl sites for hydroxylation is 1. The van der Waals surface area contributed by atoms with Gasteiger partial charge in [-0.25, -0.2) is 4.79 Å². The maximum absolute atomic E-state index is 10.6. The fourth-order valence-corrected chi connectivity index (χ4v) is 1.13. The lowest BCUT2D eigenvalue weighted by atomic mass is 10.0. The van der Waals surface area contributed by atoms with E-state index >= 15 is 0 Å². The van der Waals surface area contributed by atoms with Crippen molar-refractivity contribution in [1.29, 1.82) is 0 Å². The highest BCUT2D eigenvalue weighted by Crippen LogP contribution is 2.32. The summed E-state index contributed by atoms with van der Waals surface area (Å²) in [6, 6.07) is 1.24. The van der Waals surface area contributed by atoms with Gasteiger partial charge in [0.1, 0.15) is 17.1 Å². The number of carbonyl (C=O) groups is 1. The van der Waals surface area contributed by atoms with E-state index in [1.807, 2.05) is 0 Å². The molecule has 0 fully saturated rings. The smallest absolute Gasteiger partial charge is 0.339 e. The molecule has 0 aliphatic rings. The first kappa shape index (κ1) is 9.38. The Bertz CT molecular complexity index is 368. The van der Waals surface area contributed by atoms with Crippen molar-refractivity contribution in [3.05, 3.63) is 22.8 Å². The lowest BCUT2D eigenvalue weighted by Crippen LogP contribution is -1.99. The Morgan fingerprint density at radius 3 is 2.23 bits per heavy atom. The molecule has 0 aliphatic heterocycles. The van der Waals surface area contributed by atoms with Gasteiger partial charge in [-0.15, -0.1) is 0 Å². The number of rotatable bonds is 1. The SMILES string of the molecule is Cc1cc(C(=O)O)c(O)c(C)c1O. The second-order valence-electron chi connectivity index (χ2n) is 2.87. The Morgan fingerprint density at radius 2 is 1.77 bits per heavy atom. The molecule has 0 radical (unpaired) electrons. The highest BCUT2D eigenvalue weighted by atomic mass is 16.4. The third-order valence-corrected chi connectivity index (χ3v) is 1.93. The van der Waals surface area contributed by atoms with Crippen LogP contribution in [-0.2, 0) is 0 Å². The molecule has 0 saturated carbocycles. The molecule has 1 rings (SSSR count). The highest BCUT2D eigenvalue weighted by molar-refractivity contribution is 5.92. The van der Waals surface area contributed by atoms with Crippen LogP contribution in [0, 0.1) is 13.8 Å². The summed E-state index contributed by atoms with van der Waals surface area (Å²) < 4.78 is 0. The first-order chi connectivity index (χ1) is 5.95. The number of hydrogen-bond donors (Lipinski definition) is 3. The number of hydrogen-bond acceptors (Lipinski definition) is 3. The van der Waals surface area contributed by atoms with E-state index in [1.165, 1.54) is 13.0 Å². The van der Waals surface area contributed by atoms with Crippen molar-refractivity contribution in [3.8, 4) is 11.5 Å².